The van der Waals surface area contributed by atoms with E-state index in [0.29, 0.717) is 6.42 Å². The molecule has 0 aromatic rings. The summed E-state index contributed by atoms with van der Waals surface area (Å²) in [5.41, 5.74) is 0. The molecule has 0 aromatic heterocycles. The molecule has 0 aliphatic rings. The zero-order valence-corrected chi connectivity index (χ0v) is 12.0. The first-order valence-electron chi connectivity index (χ1n) is 2.26. The van der Waals surface area contributed by atoms with Crippen molar-refractivity contribution in [1.82, 2.24) is 0 Å². The minimum absolute atomic E-state index is 0. The summed E-state index contributed by atoms with van der Waals surface area (Å²) < 4.78 is 0. The Morgan fingerprint density at radius 3 is 1.78 bits per heavy atom. The van der Waals surface area contributed by atoms with Crippen molar-refractivity contribution in [3.05, 3.63) is 0 Å². The molecule has 0 unspecified atom stereocenters. The fourth-order valence-corrected chi connectivity index (χ4v) is 0.249. The molecule has 1 nitrogen and oxygen atoms in total. The summed E-state index contributed by atoms with van der Waals surface area (Å²) in [5, 5.41) is 0. The Kier molecular flexibility index (Phi) is 56.2. The first-order chi connectivity index (χ1) is 2.91. The number of hydrogen-bond acceptors (Lipinski definition) is 1. The minimum atomic E-state index is 0. The first kappa shape index (κ1) is 22.4. The van der Waals surface area contributed by atoms with Crippen molar-refractivity contribution in [3.8, 4) is 0 Å². The normalized spacial score (nSPS) is 5.44. The van der Waals surface area contributed by atoms with Crippen molar-refractivity contribution in [1.29, 1.82) is 0 Å². The van der Waals surface area contributed by atoms with Gasteiger partial charge in [0.15, 0.2) is 0 Å². The van der Waals surface area contributed by atoms with Crippen LogP contribution in [0.5, 0.6) is 0 Å². The summed E-state index contributed by atoms with van der Waals surface area (Å²) in [6.07, 6.45) is 4.51. The van der Waals surface area contributed by atoms with Crippen LogP contribution < -0.4 is 0 Å². The molecule has 51 valence electrons. The molecule has 0 amide bonds. The molecule has 0 spiro atoms. The van der Waals surface area contributed by atoms with Crippen LogP contribution in [-0.2, 0) is 71.9 Å². The van der Waals surface area contributed by atoms with Crippen molar-refractivity contribution in [3.63, 3.8) is 0 Å². The van der Waals surface area contributed by atoms with Gasteiger partial charge in [0.25, 0.3) is 0 Å². The Labute approximate surface area is 103 Å². The zero-order chi connectivity index (χ0) is 4.83. The van der Waals surface area contributed by atoms with E-state index in [1.807, 2.05) is 6.29 Å². The number of rotatable bonds is 3. The molecule has 0 aliphatic heterocycles. The second kappa shape index (κ2) is 22.5. The van der Waals surface area contributed by atoms with Gasteiger partial charge in [-0.2, -0.15) is 6.42 Å². The summed E-state index contributed by atoms with van der Waals surface area (Å²) in [5.74, 6) is 0. The van der Waals surface area contributed by atoms with Crippen LogP contribution in [0.2, 0.25) is 0 Å². The van der Waals surface area contributed by atoms with E-state index in [1.165, 1.54) is 0 Å². The smallest absolute Gasteiger partial charge is 0 e. The van der Waals surface area contributed by atoms with Crippen LogP contribution in [0, 0.1) is 0 Å². The van der Waals surface area contributed by atoms with E-state index in [-0.39, 0.29) is 67.1 Å². The van der Waals surface area contributed by atoms with Crippen LogP contribution in [0.4, 0.5) is 0 Å². The van der Waals surface area contributed by atoms with Gasteiger partial charge in [0.2, 0.25) is 0 Å². The van der Waals surface area contributed by atoms with Gasteiger partial charge in [0, 0.05) is 67.1 Å². The molecule has 0 saturated heterocycles. The van der Waals surface area contributed by atoms with Crippen molar-refractivity contribution in [2.24, 2.45) is 0 Å². The second-order valence-electron chi connectivity index (χ2n) is 1.25. The van der Waals surface area contributed by atoms with Gasteiger partial charge >= 0.3 is 0 Å². The molecule has 0 N–H and O–H groups in total. The van der Waals surface area contributed by atoms with Gasteiger partial charge in [-0.15, -0.1) is 0 Å². The van der Waals surface area contributed by atoms with Gasteiger partial charge in [0.05, 0.1) is 0 Å². The van der Waals surface area contributed by atoms with Gasteiger partial charge in [-0.3, -0.25) is 6.29 Å². The predicted octanol–water partition coefficient (Wildman–Crippen LogP) is 1.28. The van der Waals surface area contributed by atoms with Crippen molar-refractivity contribution in [2.45, 2.75) is 26.2 Å². The third kappa shape index (κ3) is 25.7. The SMILES string of the molecule is CCCC[C-]=O.[Nb].[Nb].[Nb]. The minimum Gasteiger partial charge on any atom is -0.542 e. The Hall–Kier alpha value is 1.89. The van der Waals surface area contributed by atoms with Gasteiger partial charge in [-0.05, 0) is 0 Å². The standard InChI is InChI=1S/C5H9O.3Nb/c1-2-3-4-5-6;;;/h2-4H2,1H3;;;/q-1;;;. The molecule has 0 atom stereocenters. The third-order valence-corrected chi connectivity index (χ3v) is 0.632. The molecule has 4 heteroatoms. The van der Waals surface area contributed by atoms with Crippen LogP contribution in [-0.4, -0.2) is 6.29 Å². The Balaban J connectivity index is -0.0000000417. The summed E-state index contributed by atoms with van der Waals surface area (Å²) >= 11 is 0. The van der Waals surface area contributed by atoms with Crippen LogP contribution in [0.25, 0.3) is 0 Å². The molecule has 0 fully saturated rings. The Morgan fingerprint density at radius 1 is 1.22 bits per heavy atom. The summed E-state index contributed by atoms with van der Waals surface area (Å²) in [4.78, 5) is 9.44. The monoisotopic (exact) mass is 364 g/mol. The van der Waals surface area contributed by atoms with E-state index in [0.717, 1.165) is 12.8 Å². The topological polar surface area (TPSA) is 17.1 Å². The van der Waals surface area contributed by atoms with Crippen LogP contribution >= 0.6 is 0 Å². The molecule has 3 radical (unpaired) electrons. The Bertz CT molecular complexity index is 41.2. The average molecular weight is 364 g/mol. The maximum atomic E-state index is 9.44. The van der Waals surface area contributed by atoms with E-state index in [1.54, 1.807) is 0 Å². The predicted molar refractivity (Wildman–Crippen MR) is 25.2 cm³/mol. The molecule has 0 aliphatic carbocycles. The van der Waals surface area contributed by atoms with Gasteiger partial charge in [0.1, 0.15) is 0 Å². The number of hydrogen-bond donors (Lipinski definition) is 0. The molecular weight excluding hydrogens is 355 g/mol. The number of unbranched alkanes of at least 4 members (excludes halogenated alkanes) is 2. The molecule has 0 rings (SSSR count). The summed E-state index contributed by atoms with van der Waals surface area (Å²) in [6.45, 7) is 2.05. The maximum absolute atomic E-state index is 9.44. The van der Waals surface area contributed by atoms with Gasteiger partial charge < -0.3 is 4.79 Å². The maximum Gasteiger partial charge on any atom is 0 e. The van der Waals surface area contributed by atoms with Gasteiger partial charge in [-0.25, -0.2) is 0 Å². The van der Waals surface area contributed by atoms with E-state index in [9.17, 15) is 4.79 Å². The largest absolute Gasteiger partial charge is 0.542 e. The van der Waals surface area contributed by atoms with Crippen LogP contribution in [0.3, 0.4) is 0 Å². The number of carbonyl (C=O) groups excluding carboxylic acids is 1. The van der Waals surface area contributed by atoms with E-state index < -0.39 is 0 Å². The molecule has 9 heavy (non-hydrogen) atoms. The van der Waals surface area contributed by atoms with Crippen molar-refractivity contribution < 1.29 is 71.9 Å². The summed E-state index contributed by atoms with van der Waals surface area (Å²) in [7, 11) is 0. The van der Waals surface area contributed by atoms with Crippen LogP contribution in [0.15, 0.2) is 0 Å². The molecule has 0 heterocycles. The van der Waals surface area contributed by atoms with E-state index >= 15 is 0 Å². The van der Waals surface area contributed by atoms with E-state index in [2.05, 4.69) is 6.92 Å². The average Bonchev–Trinajstić information content (AvgIpc) is 1.61. The van der Waals surface area contributed by atoms with Crippen molar-refractivity contribution in [2.75, 3.05) is 0 Å². The fourth-order valence-electron chi connectivity index (χ4n) is 0.249. The molecule has 0 saturated carbocycles. The quantitative estimate of drug-likeness (QED) is 0.419. The zero-order valence-electron chi connectivity index (χ0n) is 5.37. The molecule has 0 aromatic carbocycles. The molecular formula is C5H9Nb3O-. The third-order valence-electron chi connectivity index (χ3n) is 0.632. The van der Waals surface area contributed by atoms with Crippen LogP contribution in [0.1, 0.15) is 26.2 Å². The van der Waals surface area contributed by atoms with Gasteiger partial charge in [-0.1, -0.05) is 19.8 Å². The van der Waals surface area contributed by atoms with Crippen molar-refractivity contribution >= 4 is 6.29 Å². The summed E-state index contributed by atoms with van der Waals surface area (Å²) in [6, 6.07) is 0. The fraction of sp³-hybridized carbons (Fsp3) is 0.800. The first-order valence-corrected chi connectivity index (χ1v) is 2.26. The molecule has 0 bridgehead atoms. The second-order valence-corrected chi connectivity index (χ2v) is 1.25. The van der Waals surface area contributed by atoms with E-state index in [4.69, 9.17) is 0 Å². The Morgan fingerprint density at radius 2 is 1.67 bits per heavy atom.